The van der Waals surface area contributed by atoms with Crippen molar-refractivity contribution in [2.24, 2.45) is 0 Å². The largest absolute Gasteiger partial charge is 0.287 e. The number of ketones is 1. The Morgan fingerprint density at radius 2 is 2.06 bits per heavy atom. The molecule has 0 fully saturated rings. The Kier molecular flexibility index (Phi) is 3.87. The summed E-state index contributed by atoms with van der Waals surface area (Å²) in [5.41, 5.74) is 2.89. The number of carbonyl (C=O) groups is 1. The van der Waals surface area contributed by atoms with Gasteiger partial charge >= 0.3 is 0 Å². The summed E-state index contributed by atoms with van der Waals surface area (Å²) < 4.78 is 0. The Morgan fingerprint density at radius 3 is 2.78 bits per heavy atom. The SMILES string of the molecule is CCCCc1n[nH]nc1C(=O)c1ccccc1C. The molecular formula is C14H17N3O. The summed E-state index contributed by atoms with van der Waals surface area (Å²) in [5, 5.41) is 10.6. The number of aromatic nitrogens is 3. The summed E-state index contributed by atoms with van der Waals surface area (Å²) in [4.78, 5) is 12.4. The van der Waals surface area contributed by atoms with Gasteiger partial charge in [-0.2, -0.15) is 15.4 Å². The van der Waals surface area contributed by atoms with Crippen molar-refractivity contribution in [2.45, 2.75) is 33.1 Å². The van der Waals surface area contributed by atoms with Crippen LogP contribution in [0.15, 0.2) is 24.3 Å². The van der Waals surface area contributed by atoms with Crippen LogP contribution in [0.3, 0.4) is 0 Å². The zero-order chi connectivity index (χ0) is 13.0. The minimum Gasteiger partial charge on any atom is -0.287 e. The Labute approximate surface area is 106 Å². The molecule has 0 saturated heterocycles. The van der Waals surface area contributed by atoms with E-state index in [1.165, 1.54) is 0 Å². The topological polar surface area (TPSA) is 58.6 Å². The maximum Gasteiger partial charge on any atom is 0.215 e. The molecule has 0 spiro atoms. The van der Waals surface area contributed by atoms with Gasteiger partial charge in [-0.3, -0.25) is 4.79 Å². The van der Waals surface area contributed by atoms with Crippen LogP contribution in [0.2, 0.25) is 0 Å². The number of carbonyl (C=O) groups excluding carboxylic acids is 1. The van der Waals surface area contributed by atoms with Crippen LogP contribution in [0.5, 0.6) is 0 Å². The number of aryl methyl sites for hydroxylation is 2. The Bertz CT molecular complexity index is 545. The molecule has 2 rings (SSSR count). The molecule has 0 aliphatic heterocycles. The number of benzene rings is 1. The predicted octanol–water partition coefficient (Wildman–Crippen LogP) is 2.69. The van der Waals surface area contributed by atoms with Crippen molar-refractivity contribution in [1.29, 1.82) is 0 Å². The summed E-state index contributed by atoms with van der Waals surface area (Å²) in [5.74, 6) is -0.0482. The molecule has 4 heteroatoms. The Hall–Kier alpha value is -1.97. The summed E-state index contributed by atoms with van der Waals surface area (Å²) in [6.45, 7) is 4.04. The van der Waals surface area contributed by atoms with Crippen LogP contribution in [0.1, 0.15) is 47.1 Å². The maximum absolute atomic E-state index is 12.4. The van der Waals surface area contributed by atoms with Gasteiger partial charge in [0.05, 0.1) is 5.69 Å². The summed E-state index contributed by atoms with van der Waals surface area (Å²) in [6, 6.07) is 7.55. The maximum atomic E-state index is 12.4. The van der Waals surface area contributed by atoms with E-state index in [-0.39, 0.29) is 5.78 Å². The van der Waals surface area contributed by atoms with E-state index in [1.54, 1.807) is 0 Å². The third-order valence-corrected chi connectivity index (χ3v) is 2.99. The fourth-order valence-corrected chi connectivity index (χ4v) is 1.91. The van der Waals surface area contributed by atoms with Gasteiger partial charge in [-0.25, -0.2) is 0 Å². The number of unbranched alkanes of at least 4 members (excludes halogenated alkanes) is 1. The number of nitrogens with zero attached hydrogens (tertiary/aromatic N) is 2. The normalized spacial score (nSPS) is 10.6. The van der Waals surface area contributed by atoms with Crippen molar-refractivity contribution in [2.75, 3.05) is 0 Å². The molecular weight excluding hydrogens is 226 g/mol. The number of aromatic amines is 1. The molecule has 94 valence electrons. The van der Waals surface area contributed by atoms with Gasteiger partial charge in [0.25, 0.3) is 0 Å². The van der Waals surface area contributed by atoms with Crippen LogP contribution in [0.25, 0.3) is 0 Å². The first kappa shape index (κ1) is 12.5. The number of nitrogens with one attached hydrogen (secondary N) is 1. The van der Waals surface area contributed by atoms with E-state index in [0.717, 1.165) is 30.5 Å². The van der Waals surface area contributed by atoms with Gasteiger partial charge < -0.3 is 0 Å². The molecule has 1 heterocycles. The van der Waals surface area contributed by atoms with Gasteiger partial charge in [-0.05, 0) is 25.3 Å². The third kappa shape index (κ3) is 2.47. The molecule has 2 aromatic rings. The van der Waals surface area contributed by atoms with Crippen LogP contribution in [0.4, 0.5) is 0 Å². The average molecular weight is 243 g/mol. The van der Waals surface area contributed by atoms with Crippen molar-refractivity contribution in [3.8, 4) is 0 Å². The second kappa shape index (κ2) is 5.58. The van der Waals surface area contributed by atoms with E-state index in [9.17, 15) is 4.79 Å². The van der Waals surface area contributed by atoms with E-state index in [0.29, 0.717) is 11.3 Å². The summed E-state index contributed by atoms with van der Waals surface area (Å²) >= 11 is 0. The smallest absolute Gasteiger partial charge is 0.215 e. The zero-order valence-corrected chi connectivity index (χ0v) is 10.7. The van der Waals surface area contributed by atoms with Crippen LogP contribution >= 0.6 is 0 Å². The predicted molar refractivity (Wildman–Crippen MR) is 69.6 cm³/mol. The number of rotatable bonds is 5. The molecule has 0 atom stereocenters. The molecule has 0 aliphatic rings. The molecule has 0 amide bonds. The van der Waals surface area contributed by atoms with E-state index >= 15 is 0 Å². The Morgan fingerprint density at radius 1 is 1.28 bits per heavy atom. The first-order valence-corrected chi connectivity index (χ1v) is 6.24. The monoisotopic (exact) mass is 243 g/mol. The van der Waals surface area contributed by atoms with E-state index in [1.807, 2.05) is 31.2 Å². The van der Waals surface area contributed by atoms with Crippen molar-refractivity contribution < 1.29 is 4.79 Å². The Balaban J connectivity index is 2.29. The lowest BCUT2D eigenvalue weighted by Crippen LogP contribution is -2.07. The molecule has 1 N–H and O–H groups in total. The highest BCUT2D eigenvalue weighted by molar-refractivity contribution is 6.09. The van der Waals surface area contributed by atoms with Crippen molar-refractivity contribution in [1.82, 2.24) is 15.4 Å². The second-order valence-electron chi connectivity index (χ2n) is 4.37. The number of hydrogen-bond donors (Lipinski definition) is 1. The fourth-order valence-electron chi connectivity index (χ4n) is 1.91. The lowest BCUT2D eigenvalue weighted by atomic mass is 10.0. The fraction of sp³-hybridized carbons (Fsp3) is 0.357. The minimum absolute atomic E-state index is 0.0482. The molecule has 0 saturated carbocycles. The third-order valence-electron chi connectivity index (χ3n) is 2.99. The van der Waals surface area contributed by atoms with Crippen molar-refractivity contribution in [3.05, 3.63) is 46.8 Å². The molecule has 0 bridgehead atoms. The highest BCUT2D eigenvalue weighted by atomic mass is 16.1. The number of H-pyrrole nitrogens is 1. The molecule has 1 aromatic carbocycles. The van der Waals surface area contributed by atoms with Crippen LogP contribution < -0.4 is 0 Å². The lowest BCUT2D eigenvalue weighted by Gasteiger charge is -2.03. The van der Waals surface area contributed by atoms with Crippen molar-refractivity contribution in [3.63, 3.8) is 0 Å². The standard InChI is InChI=1S/C14H17N3O/c1-3-4-9-12-13(16-17-15-12)14(18)11-8-6-5-7-10(11)2/h5-8H,3-4,9H2,1-2H3,(H,15,16,17). The molecule has 0 aliphatic carbocycles. The van der Waals surface area contributed by atoms with E-state index in [4.69, 9.17) is 0 Å². The molecule has 0 unspecified atom stereocenters. The highest BCUT2D eigenvalue weighted by Crippen LogP contribution is 2.15. The van der Waals surface area contributed by atoms with Crippen LogP contribution in [0, 0.1) is 6.92 Å². The van der Waals surface area contributed by atoms with E-state index in [2.05, 4.69) is 22.3 Å². The van der Waals surface area contributed by atoms with Gasteiger partial charge in [-0.1, -0.05) is 37.6 Å². The van der Waals surface area contributed by atoms with Crippen molar-refractivity contribution >= 4 is 5.78 Å². The average Bonchev–Trinajstić information content (AvgIpc) is 2.84. The summed E-state index contributed by atoms with van der Waals surface area (Å²) in [6.07, 6.45) is 2.88. The lowest BCUT2D eigenvalue weighted by molar-refractivity contribution is 0.103. The molecule has 1 aromatic heterocycles. The second-order valence-corrected chi connectivity index (χ2v) is 4.37. The first-order chi connectivity index (χ1) is 8.74. The highest BCUT2D eigenvalue weighted by Gasteiger charge is 2.18. The van der Waals surface area contributed by atoms with Gasteiger partial charge in [0, 0.05) is 5.56 Å². The molecule has 0 radical (unpaired) electrons. The van der Waals surface area contributed by atoms with Gasteiger partial charge in [0.1, 0.15) is 0 Å². The summed E-state index contributed by atoms with van der Waals surface area (Å²) in [7, 11) is 0. The van der Waals surface area contributed by atoms with Crippen LogP contribution in [-0.4, -0.2) is 21.2 Å². The van der Waals surface area contributed by atoms with Gasteiger partial charge in [-0.15, -0.1) is 0 Å². The van der Waals surface area contributed by atoms with Crippen LogP contribution in [-0.2, 0) is 6.42 Å². The van der Waals surface area contributed by atoms with E-state index < -0.39 is 0 Å². The number of hydrogen-bond acceptors (Lipinski definition) is 3. The van der Waals surface area contributed by atoms with Gasteiger partial charge in [0.15, 0.2) is 5.69 Å². The van der Waals surface area contributed by atoms with Gasteiger partial charge in [0.2, 0.25) is 5.78 Å². The minimum atomic E-state index is -0.0482. The molecule has 4 nitrogen and oxygen atoms in total. The zero-order valence-electron chi connectivity index (χ0n) is 10.7. The quantitative estimate of drug-likeness (QED) is 0.821. The first-order valence-electron chi connectivity index (χ1n) is 6.24. The molecule has 18 heavy (non-hydrogen) atoms.